The Bertz CT molecular complexity index is 662. The van der Waals surface area contributed by atoms with Crippen molar-refractivity contribution < 1.29 is 34.2 Å². The number of rotatable bonds is 9. The van der Waals surface area contributed by atoms with E-state index in [-0.39, 0.29) is 12.8 Å². The van der Waals surface area contributed by atoms with Gasteiger partial charge in [0, 0.05) is 18.5 Å². The molecule has 2 amide bonds. The summed E-state index contributed by atoms with van der Waals surface area (Å²) in [6.07, 6.45) is -0.740. The van der Waals surface area contributed by atoms with E-state index in [0.717, 1.165) is 0 Å². The number of carboxylic acids is 2. The number of hydrogen-bond donors (Lipinski definition) is 6. The van der Waals surface area contributed by atoms with E-state index in [4.69, 9.17) is 21.8 Å². The second-order valence-corrected chi connectivity index (χ2v) is 5.38. The highest BCUT2D eigenvalue weighted by Crippen LogP contribution is 2.09. The second kappa shape index (κ2) is 9.84. The highest BCUT2D eigenvalue weighted by Gasteiger charge is 2.26. The van der Waals surface area contributed by atoms with Gasteiger partial charge in [-0.25, -0.2) is 14.4 Å². The van der Waals surface area contributed by atoms with E-state index in [1.54, 1.807) is 24.3 Å². The molecule has 1 rings (SSSR count). The van der Waals surface area contributed by atoms with Gasteiger partial charge in [0.15, 0.2) is 0 Å². The number of carbonyl (C=O) groups is 4. The number of anilines is 1. The number of nitrogen functional groups attached to an aromatic ring is 1. The molecule has 0 bridgehead atoms. The molecule has 0 saturated heterocycles. The summed E-state index contributed by atoms with van der Waals surface area (Å²) in [4.78, 5) is 49.5. The molecule has 0 fully saturated rings. The van der Waals surface area contributed by atoms with Gasteiger partial charge in [-0.15, -0.1) is 0 Å². The number of nitrogens with one attached hydrogen (secondary N) is 2. The summed E-state index contributed by atoms with van der Waals surface area (Å²) < 4.78 is 0. The number of carboxylic acid groups (broad SMARTS) is 2. The number of carbonyl (C=O) groups excluding carboxylic acids is 2. The van der Waals surface area contributed by atoms with Crippen LogP contribution in [0.1, 0.15) is 18.4 Å². The molecule has 26 heavy (non-hydrogen) atoms. The van der Waals surface area contributed by atoms with Gasteiger partial charge in [-0.1, -0.05) is 12.1 Å². The van der Waals surface area contributed by atoms with Gasteiger partial charge in [0.05, 0.1) is 0 Å². The van der Waals surface area contributed by atoms with E-state index >= 15 is 0 Å². The maximum Gasteiger partial charge on any atom is 0.347 e. The van der Waals surface area contributed by atoms with Crippen molar-refractivity contribution in [3.63, 3.8) is 0 Å². The molecule has 1 aromatic carbocycles. The van der Waals surface area contributed by atoms with E-state index in [0.29, 0.717) is 11.3 Å². The van der Waals surface area contributed by atoms with Gasteiger partial charge in [0.25, 0.3) is 0 Å². The molecule has 0 aromatic heterocycles. The molecule has 0 spiro atoms. The summed E-state index contributed by atoms with van der Waals surface area (Å²) in [6.45, 7) is 0. The van der Waals surface area contributed by atoms with Crippen LogP contribution < -0.4 is 22.3 Å². The zero-order chi connectivity index (χ0) is 19.7. The fourth-order valence-electron chi connectivity index (χ4n) is 2.05. The Morgan fingerprint density at radius 3 is 2.12 bits per heavy atom. The lowest BCUT2D eigenvalue weighted by molar-refractivity contribution is -0.146. The molecule has 1 aromatic rings. The van der Waals surface area contributed by atoms with Crippen LogP contribution in [0, 0.1) is 0 Å². The van der Waals surface area contributed by atoms with Gasteiger partial charge >= 0.3 is 23.9 Å². The summed E-state index contributed by atoms with van der Waals surface area (Å²) in [5.74, 6) is 1.31. The van der Waals surface area contributed by atoms with Crippen LogP contribution in [-0.4, -0.2) is 46.2 Å². The Morgan fingerprint density at radius 1 is 1.04 bits per heavy atom. The van der Waals surface area contributed by atoms with Crippen molar-refractivity contribution in [2.24, 2.45) is 5.90 Å². The summed E-state index contributed by atoms with van der Waals surface area (Å²) in [7, 11) is 0. The number of amides is 2. The average molecular weight is 368 g/mol. The predicted octanol–water partition coefficient (Wildman–Crippen LogP) is -0.786. The SMILES string of the molecule is NOC(=O)[C@H](Cc1ccc(N)cc1)NC(=O)N[C@@H](CCC(=O)O)C(=O)O. The average Bonchev–Trinajstić information content (AvgIpc) is 2.58. The monoisotopic (exact) mass is 368 g/mol. The van der Waals surface area contributed by atoms with Crippen molar-refractivity contribution in [3.8, 4) is 0 Å². The number of nitrogens with two attached hydrogens (primary N) is 2. The zero-order valence-corrected chi connectivity index (χ0v) is 13.7. The van der Waals surface area contributed by atoms with Crippen molar-refractivity contribution in [1.82, 2.24) is 10.6 Å². The molecule has 8 N–H and O–H groups in total. The van der Waals surface area contributed by atoms with E-state index < -0.39 is 42.4 Å². The van der Waals surface area contributed by atoms with Crippen molar-refractivity contribution in [2.45, 2.75) is 31.3 Å². The lowest BCUT2D eigenvalue weighted by Gasteiger charge is -2.19. The largest absolute Gasteiger partial charge is 0.481 e. The molecule has 0 unspecified atom stereocenters. The van der Waals surface area contributed by atoms with Crippen LogP contribution in [-0.2, 0) is 25.6 Å². The fraction of sp³-hybridized carbons (Fsp3) is 0.333. The third kappa shape index (κ3) is 7.05. The van der Waals surface area contributed by atoms with Crippen molar-refractivity contribution in [3.05, 3.63) is 29.8 Å². The van der Waals surface area contributed by atoms with E-state index in [9.17, 15) is 19.2 Å². The topological polar surface area (TPSA) is 194 Å². The van der Waals surface area contributed by atoms with Crippen LogP contribution in [0.15, 0.2) is 24.3 Å². The maximum atomic E-state index is 12.0. The van der Waals surface area contributed by atoms with Crippen molar-refractivity contribution >= 4 is 29.6 Å². The lowest BCUT2D eigenvalue weighted by Crippen LogP contribution is -2.52. The minimum Gasteiger partial charge on any atom is -0.481 e. The summed E-state index contributed by atoms with van der Waals surface area (Å²) >= 11 is 0. The summed E-state index contributed by atoms with van der Waals surface area (Å²) in [5, 5.41) is 22.0. The van der Waals surface area contributed by atoms with Crippen molar-refractivity contribution in [2.75, 3.05) is 5.73 Å². The van der Waals surface area contributed by atoms with Gasteiger partial charge in [-0.05, 0) is 24.1 Å². The van der Waals surface area contributed by atoms with Crippen LogP contribution in [0.3, 0.4) is 0 Å². The molecule has 0 aliphatic heterocycles. The standard InChI is InChI=1S/C15H20N4O7/c16-9-3-1-8(2-4-9)7-11(14(24)26-17)19-15(25)18-10(13(22)23)5-6-12(20)21/h1-4,10-11H,5-7,16-17H2,(H,20,21)(H,22,23)(H2,18,19,25)/t10-,11-/m0/s1. The minimum atomic E-state index is -1.43. The smallest absolute Gasteiger partial charge is 0.347 e. The first-order valence-corrected chi connectivity index (χ1v) is 7.49. The third-order valence-corrected chi connectivity index (χ3v) is 3.38. The molecule has 0 saturated carbocycles. The number of hydrogen-bond acceptors (Lipinski definition) is 7. The van der Waals surface area contributed by atoms with Crippen LogP contribution in [0.25, 0.3) is 0 Å². The molecular formula is C15H20N4O7. The Labute approximate surface area is 148 Å². The highest BCUT2D eigenvalue weighted by atomic mass is 16.7. The molecule has 0 radical (unpaired) electrons. The number of aliphatic carboxylic acids is 2. The van der Waals surface area contributed by atoms with Gasteiger partial charge < -0.3 is 31.4 Å². The quantitative estimate of drug-likeness (QED) is 0.239. The first kappa shape index (κ1) is 20.7. The third-order valence-electron chi connectivity index (χ3n) is 3.38. The first-order valence-electron chi connectivity index (χ1n) is 7.49. The Kier molecular flexibility index (Phi) is 7.83. The Balaban J connectivity index is 2.74. The van der Waals surface area contributed by atoms with E-state index in [1.165, 1.54) is 0 Å². The van der Waals surface area contributed by atoms with Gasteiger partial charge in [0.2, 0.25) is 0 Å². The van der Waals surface area contributed by atoms with Gasteiger partial charge in [-0.3, -0.25) is 4.79 Å². The maximum absolute atomic E-state index is 12.0. The molecular weight excluding hydrogens is 348 g/mol. The number of urea groups is 1. The fourth-order valence-corrected chi connectivity index (χ4v) is 2.05. The summed E-state index contributed by atoms with van der Waals surface area (Å²) in [6, 6.07) is 2.89. The molecule has 142 valence electrons. The van der Waals surface area contributed by atoms with E-state index in [1.807, 2.05) is 0 Å². The second-order valence-electron chi connectivity index (χ2n) is 5.38. The predicted molar refractivity (Wildman–Crippen MR) is 88.6 cm³/mol. The van der Waals surface area contributed by atoms with Crippen molar-refractivity contribution in [1.29, 1.82) is 0 Å². The zero-order valence-electron chi connectivity index (χ0n) is 13.7. The highest BCUT2D eigenvalue weighted by molar-refractivity contribution is 5.87. The normalized spacial score (nSPS) is 12.5. The molecule has 2 atom stereocenters. The Hall–Kier alpha value is -3.34. The first-order chi connectivity index (χ1) is 12.2. The Morgan fingerprint density at radius 2 is 1.62 bits per heavy atom. The van der Waals surface area contributed by atoms with Gasteiger partial charge in [-0.2, -0.15) is 5.90 Å². The molecule has 0 aliphatic rings. The van der Waals surface area contributed by atoms with Crippen LogP contribution >= 0.6 is 0 Å². The molecule has 0 aliphatic carbocycles. The van der Waals surface area contributed by atoms with E-state index in [2.05, 4.69) is 15.5 Å². The van der Waals surface area contributed by atoms with Crippen LogP contribution in [0.2, 0.25) is 0 Å². The molecule has 11 heteroatoms. The lowest BCUT2D eigenvalue weighted by atomic mass is 10.1. The van der Waals surface area contributed by atoms with Crippen LogP contribution in [0.5, 0.6) is 0 Å². The number of benzene rings is 1. The minimum absolute atomic E-state index is 0.0244. The molecule has 11 nitrogen and oxygen atoms in total. The van der Waals surface area contributed by atoms with Gasteiger partial charge in [0.1, 0.15) is 12.1 Å². The molecule has 0 heterocycles. The van der Waals surface area contributed by atoms with Crippen LogP contribution in [0.4, 0.5) is 10.5 Å². The summed E-state index contributed by atoms with van der Waals surface area (Å²) in [5.41, 5.74) is 6.73.